The van der Waals surface area contributed by atoms with Crippen LogP contribution >= 0.6 is 23.2 Å². The third-order valence-electron chi connectivity index (χ3n) is 3.40. The van der Waals surface area contributed by atoms with Crippen LogP contribution in [0.15, 0.2) is 48.2 Å². The van der Waals surface area contributed by atoms with Gasteiger partial charge in [0.15, 0.2) is 0 Å². The summed E-state index contributed by atoms with van der Waals surface area (Å²) in [4.78, 5) is 35.2. The van der Waals surface area contributed by atoms with Gasteiger partial charge in [-0.15, -0.1) is 0 Å². The van der Waals surface area contributed by atoms with E-state index >= 15 is 0 Å². The summed E-state index contributed by atoms with van der Waals surface area (Å²) in [7, 11) is 0. The number of carbonyl (C=O) groups excluding carboxylic acids is 2. The number of non-ortho nitro benzene ring substituents is 1. The number of likely N-dealkylation sites (N-methyl/N-ethyl adjacent to an activating group) is 1. The maximum atomic E-state index is 12.5. The second-order valence-electron chi connectivity index (χ2n) is 5.35. The molecule has 0 aliphatic heterocycles. The Morgan fingerprint density at radius 2 is 1.93 bits per heavy atom. The number of nitrogens with one attached hydrogen (secondary N) is 2. The molecule has 2 amide bonds. The highest BCUT2D eigenvalue weighted by Gasteiger charge is 2.17. The quantitative estimate of drug-likeness (QED) is 0.431. The first-order valence-electron chi connectivity index (χ1n) is 7.82. The van der Waals surface area contributed by atoms with E-state index in [0.29, 0.717) is 17.1 Å². The molecule has 0 saturated carbocycles. The van der Waals surface area contributed by atoms with Gasteiger partial charge in [0.05, 0.1) is 15.5 Å². The van der Waals surface area contributed by atoms with Crippen LogP contribution in [0.25, 0.3) is 6.08 Å². The summed E-state index contributed by atoms with van der Waals surface area (Å²) in [6.07, 6.45) is 1.35. The third kappa shape index (κ3) is 5.54. The summed E-state index contributed by atoms with van der Waals surface area (Å²) in [6, 6.07) is 10.0. The molecule has 27 heavy (non-hydrogen) atoms. The lowest BCUT2D eigenvalue weighted by molar-refractivity contribution is -0.384. The van der Waals surface area contributed by atoms with E-state index in [1.165, 1.54) is 42.5 Å². The fourth-order valence-corrected chi connectivity index (χ4v) is 2.67. The molecule has 0 heterocycles. The summed E-state index contributed by atoms with van der Waals surface area (Å²) in [5.41, 5.74) is 0.308. The molecule has 0 radical (unpaired) electrons. The van der Waals surface area contributed by atoms with Crippen molar-refractivity contribution >= 4 is 46.8 Å². The molecule has 2 rings (SSSR count). The number of halogens is 2. The number of carbonyl (C=O) groups is 2. The minimum absolute atomic E-state index is 0.0756. The molecule has 0 bridgehead atoms. The molecule has 2 aromatic carbocycles. The standard InChI is InChI=1S/C18H15Cl2N3O4/c1-2-21-18(25)16(9-11-4-3-5-13(8-11)23(26)27)22-17(24)14-7-6-12(19)10-15(14)20/h3-10H,2H2,1H3,(H,21,25)(H,22,24)/b16-9-. The second kappa shape index (κ2) is 9.16. The van der Waals surface area contributed by atoms with Gasteiger partial charge in [0.1, 0.15) is 5.70 Å². The Balaban J connectivity index is 2.37. The highest BCUT2D eigenvalue weighted by Crippen LogP contribution is 2.21. The van der Waals surface area contributed by atoms with Crippen molar-refractivity contribution in [1.29, 1.82) is 0 Å². The van der Waals surface area contributed by atoms with Crippen molar-refractivity contribution in [2.24, 2.45) is 0 Å². The lowest BCUT2D eigenvalue weighted by Crippen LogP contribution is -2.34. The van der Waals surface area contributed by atoms with Crippen molar-refractivity contribution in [3.8, 4) is 0 Å². The van der Waals surface area contributed by atoms with E-state index in [2.05, 4.69) is 10.6 Å². The smallest absolute Gasteiger partial charge is 0.270 e. The first-order chi connectivity index (χ1) is 12.8. The maximum absolute atomic E-state index is 12.5. The van der Waals surface area contributed by atoms with E-state index in [-0.39, 0.29) is 22.0 Å². The van der Waals surface area contributed by atoms with Gasteiger partial charge in [0.25, 0.3) is 17.5 Å². The molecule has 0 aromatic heterocycles. The molecule has 0 aliphatic rings. The van der Waals surface area contributed by atoms with Crippen LogP contribution in [0.2, 0.25) is 10.0 Å². The van der Waals surface area contributed by atoms with Crippen molar-refractivity contribution in [1.82, 2.24) is 10.6 Å². The minimum atomic E-state index is -0.611. The van der Waals surface area contributed by atoms with Gasteiger partial charge in [-0.05, 0) is 36.8 Å². The van der Waals surface area contributed by atoms with Gasteiger partial charge in [0.2, 0.25) is 0 Å². The number of nitro groups is 1. The van der Waals surface area contributed by atoms with Crippen LogP contribution in [-0.2, 0) is 4.79 Å². The number of hydrogen-bond acceptors (Lipinski definition) is 4. The highest BCUT2D eigenvalue weighted by atomic mass is 35.5. The molecular formula is C18H15Cl2N3O4. The number of benzene rings is 2. The van der Waals surface area contributed by atoms with Crippen LogP contribution in [0.3, 0.4) is 0 Å². The molecule has 0 fully saturated rings. The third-order valence-corrected chi connectivity index (χ3v) is 3.95. The largest absolute Gasteiger partial charge is 0.351 e. The monoisotopic (exact) mass is 407 g/mol. The van der Waals surface area contributed by atoms with Gasteiger partial charge in [0, 0.05) is 23.7 Å². The Morgan fingerprint density at radius 1 is 1.19 bits per heavy atom. The molecule has 0 atom stereocenters. The summed E-state index contributed by atoms with van der Waals surface area (Å²) in [6.45, 7) is 2.06. The molecule has 2 N–H and O–H groups in total. The van der Waals surface area contributed by atoms with E-state index in [4.69, 9.17) is 23.2 Å². The molecule has 9 heteroatoms. The zero-order chi connectivity index (χ0) is 20.0. The van der Waals surface area contributed by atoms with E-state index in [1.807, 2.05) is 0 Å². The van der Waals surface area contributed by atoms with Crippen LogP contribution in [0.1, 0.15) is 22.8 Å². The summed E-state index contributed by atoms with van der Waals surface area (Å²) >= 11 is 11.8. The summed E-state index contributed by atoms with van der Waals surface area (Å²) in [5.74, 6) is -1.15. The molecule has 0 saturated heterocycles. The topological polar surface area (TPSA) is 101 Å². The van der Waals surface area contributed by atoms with E-state index < -0.39 is 16.7 Å². The van der Waals surface area contributed by atoms with Crippen molar-refractivity contribution in [3.05, 3.63) is 79.4 Å². The van der Waals surface area contributed by atoms with Crippen LogP contribution in [-0.4, -0.2) is 23.3 Å². The van der Waals surface area contributed by atoms with Crippen LogP contribution < -0.4 is 10.6 Å². The van der Waals surface area contributed by atoms with Crippen molar-refractivity contribution in [2.75, 3.05) is 6.54 Å². The molecule has 0 spiro atoms. The van der Waals surface area contributed by atoms with E-state index in [1.54, 1.807) is 13.0 Å². The zero-order valence-electron chi connectivity index (χ0n) is 14.2. The van der Waals surface area contributed by atoms with Crippen molar-refractivity contribution < 1.29 is 14.5 Å². The van der Waals surface area contributed by atoms with Crippen molar-refractivity contribution in [2.45, 2.75) is 6.92 Å². The lowest BCUT2D eigenvalue weighted by atomic mass is 10.1. The highest BCUT2D eigenvalue weighted by molar-refractivity contribution is 6.36. The molecule has 140 valence electrons. The van der Waals surface area contributed by atoms with Gasteiger partial charge in [-0.25, -0.2) is 0 Å². The predicted molar refractivity (Wildman–Crippen MR) is 104 cm³/mol. The fourth-order valence-electron chi connectivity index (χ4n) is 2.17. The fraction of sp³-hybridized carbons (Fsp3) is 0.111. The van der Waals surface area contributed by atoms with E-state index in [0.717, 1.165) is 0 Å². The average Bonchev–Trinajstić information content (AvgIpc) is 2.61. The number of nitro benzene ring substituents is 1. The minimum Gasteiger partial charge on any atom is -0.351 e. The first kappa shape index (κ1) is 20.4. The normalized spacial score (nSPS) is 11.0. The van der Waals surface area contributed by atoms with Crippen molar-refractivity contribution in [3.63, 3.8) is 0 Å². The van der Waals surface area contributed by atoms with Gasteiger partial charge < -0.3 is 10.6 Å². The Morgan fingerprint density at radius 3 is 2.56 bits per heavy atom. The zero-order valence-corrected chi connectivity index (χ0v) is 15.7. The SMILES string of the molecule is CCNC(=O)/C(=C/c1cccc([N+](=O)[O-])c1)NC(=O)c1ccc(Cl)cc1Cl. The lowest BCUT2D eigenvalue weighted by Gasteiger charge is -2.11. The number of amides is 2. The Bertz CT molecular complexity index is 929. The van der Waals surface area contributed by atoms with Crippen LogP contribution in [0.5, 0.6) is 0 Å². The molecule has 2 aromatic rings. The molecule has 0 unspecified atom stereocenters. The Hall–Kier alpha value is -2.90. The molecular weight excluding hydrogens is 393 g/mol. The maximum Gasteiger partial charge on any atom is 0.270 e. The summed E-state index contributed by atoms with van der Waals surface area (Å²) < 4.78 is 0. The number of hydrogen-bond donors (Lipinski definition) is 2. The van der Waals surface area contributed by atoms with Gasteiger partial charge in [-0.1, -0.05) is 35.3 Å². The number of rotatable bonds is 6. The first-order valence-corrected chi connectivity index (χ1v) is 8.58. The Kier molecular flexibility index (Phi) is 6.92. The van der Waals surface area contributed by atoms with Gasteiger partial charge in [-0.3, -0.25) is 19.7 Å². The summed E-state index contributed by atoms with van der Waals surface area (Å²) in [5, 5.41) is 16.5. The predicted octanol–water partition coefficient (Wildman–Crippen LogP) is 3.81. The van der Waals surface area contributed by atoms with Crippen LogP contribution in [0.4, 0.5) is 5.69 Å². The molecule has 0 aliphatic carbocycles. The van der Waals surface area contributed by atoms with Crippen LogP contribution in [0, 0.1) is 10.1 Å². The van der Waals surface area contributed by atoms with Gasteiger partial charge in [-0.2, -0.15) is 0 Å². The Labute approximate surface area is 165 Å². The molecule has 7 nitrogen and oxygen atoms in total. The van der Waals surface area contributed by atoms with Gasteiger partial charge >= 0.3 is 0 Å². The average molecular weight is 408 g/mol. The second-order valence-corrected chi connectivity index (χ2v) is 6.19. The van der Waals surface area contributed by atoms with E-state index in [9.17, 15) is 19.7 Å². The number of nitrogens with zero attached hydrogens (tertiary/aromatic N) is 1.